The molecule has 20 heavy (non-hydrogen) atoms. The van der Waals surface area contributed by atoms with Gasteiger partial charge >= 0.3 is 0 Å². The van der Waals surface area contributed by atoms with E-state index >= 15 is 0 Å². The maximum atomic E-state index is 3.90. The molecule has 0 saturated carbocycles. The van der Waals surface area contributed by atoms with E-state index in [2.05, 4.69) is 88.5 Å². The zero-order valence-electron chi connectivity index (χ0n) is 12.2. The number of hydrogen-bond donors (Lipinski definition) is 0. The van der Waals surface area contributed by atoms with Gasteiger partial charge in [0.1, 0.15) is 0 Å². The molecule has 0 nitrogen and oxygen atoms in total. The molecule has 0 N–H and O–H groups in total. The summed E-state index contributed by atoms with van der Waals surface area (Å²) >= 11 is 12.8. The van der Waals surface area contributed by atoms with Gasteiger partial charge in [-0.1, -0.05) is 15.9 Å². The molecule has 1 aromatic carbocycles. The Kier molecular flexibility index (Phi) is 5.21. The van der Waals surface area contributed by atoms with Gasteiger partial charge in [-0.25, -0.2) is 0 Å². The van der Waals surface area contributed by atoms with Crippen LogP contribution in [0.15, 0.2) is 14.3 Å². The van der Waals surface area contributed by atoms with E-state index in [0.29, 0.717) is 0 Å². The summed E-state index contributed by atoms with van der Waals surface area (Å²) in [4.78, 5) is 1.56. The minimum atomic E-state index is 0.244. The lowest BCUT2D eigenvalue weighted by molar-refractivity contribution is 1.07. The van der Waals surface area contributed by atoms with Crippen molar-refractivity contribution in [1.82, 2.24) is 0 Å². The van der Waals surface area contributed by atoms with Gasteiger partial charge in [-0.2, -0.15) is 0 Å². The lowest BCUT2D eigenvalue weighted by atomic mass is 9.88. The zero-order valence-corrected chi connectivity index (χ0v) is 17.8. The van der Waals surface area contributed by atoms with Crippen LogP contribution in [-0.2, 0) is 0 Å². The van der Waals surface area contributed by atoms with Crippen LogP contribution in [0, 0.1) is 34.6 Å². The number of alkyl halides is 1. The molecule has 0 bridgehead atoms. The second-order valence-corrected chi connectivity index (χ2v) is 9.34. The molecule has 1 unspecified atom stereocenters. The summed E-state index contributed by atoms with van der Waals surface area (Å²) in [6, 6.07) is 2.19. The first-order valence-electron chi connectivity index (χ1n) is 6.41. The summed E-state index contributed by atoms with van der Waals surface area (Å²) in [5.41, 5.74) is 8.43. The predicted molar refractivity (Wildman–Crippen MR) is 101 cm³/mol. The Morgan fingerprint density at radius 1 is 0.850 bits per heavy atom. The average molecular weight is 481 g/mol. The minimum Gasteiger partial charge on any atom is -0.131 e. The Hall–Kier alpha value is 0.360. The molecule has 0 spiro atoms. The van der Waals surface area contributed by atoms with Crippen LogP contribution in [0.1, 0.15) is 43.1 Å². The largest absolute Gasteiger partial charge is 0.131 e. The predicted octanol–water partition coefficient (Wildman–Crippen LogP) is 7.30. The first-order chi connectivity index (χ1) is 9.25. The zero-order chi connectivity index (χ0) is 15.2. The van der Waals surface area contributed by atoms with Crippen LogP contribution in [-0.4, -0.2) is 0 Å². The average Bonchev–Trinajstić information content (AvgIpc) is 2.74. The highest BCUT2D eigenvalue weighted by molar-refractivity contribution is 9.13. The standard InChI is InChI=1S/C16H17Br3S/c1-7-8(2)10(4)14(11(5)9(7)3)15(18)13-6-12(17)16(19)20-13/h6,15H,1-5H3. The van der Waals surface area contributed by atoms with Crippen LogP contribution in [0.3, 0.4) is 0 Å². The van der Waals surface area contributed by atoms with Crippen LogP contribution < -0.4 is 0 Å². The Balaban J connectivity index is 2.63. The molecule has 0 aliphatic carbocycles. The van der Waals surface area contributed by atoms with E-state index in [9.17, 15) is 0 Å². The molecule has 1 heterocycles. The molecule has 1 aromatic heterocycles. The van der Waals surface area contributed by atoms with Crippen molar-refractivity contribution in [3.05, 3.63) is 52.6 Å². The molecular formula is C16H17Br3S. The Morgan fingerprint density at radius 3 is 1.70 bits per heavy atom. The monoisotopic (exact) mass is 478 g/mol. The Morgan fingerprint density at radius 2 is 1.30 bits per heavy atom. The second-order valence-electron chi connectivity index (χ2n) is 5.17. The van der Waals surface area contributed by atoms with Crippen molar-refractivity contribution in [2.24, 2.45) is 0 Å². The number of thiophene rings is 1. The smallest absolute Gasteiger partial charge is 0.0843 e. The molecule has 0 fully saturated rings. The molecule has 0 amide bonds. The summed E-state index contributed by atoms with van der Waals surface area (Å²) in [6.45, 7) is 11.1. The van der Waals surface area contributed by atoms with Crippen LogP contribution in [0.25, 0.3) is 0 Å². The van der Waals surface area contributed by atoms with Crippen LogP contribution >= 0.6 is 59.1 Å². The molecule has 108 valence electrons. The molecule has 0 aliphatic rings. The SMILES string of the molecule is Cc1c(C)c(C)c(C(Br)c2cc(Br)c(Br)s2)c(C)c1C. The van der Waals surface area contributed by atoms with Gasteiger partial charge < -0.3 is 0 Å². The maximum Gasteiger partial charge on any atom is 0.0843 e. The van der Waals surface area contributed by atoms with Crippen molar-refractivity contribution >= 4 is 59.1 Å². The van der Waals surface area contributed by atoms with Crippen LogP contribution in [0.5, 0.6) is 0 Å². The number of hydrogen-bond acceptors (Lipinski definition) is 1. The number of rotatable bonds is 2. The quantitative estimate of drug-likeness (QED) is 0.395. The molecule has 0 saturated heterocycles. The van der Waals surface area contributed by atoms with E-state index in [1.807, 2.05) is 0 Å². The van der Waals surface area contributed by atoms with Gasteiger partial charge in [-0.3, -0.25) is 0 Å². The Labute approximate surface area is 150 Å². The summed E-state index contributed by atoms with van der Waals surface area (Å²) in [7, 11) is 0. The first-order valence-corrected chi connectivity index (χ1v) is 9.73. The molecule has 0 aliphatic heterocycles. The van der Waals surface area contributed by atoms with Gasteiger partial charge in [0, 0.05) is 9.35 Å². The van der Waals surface area contributed by atoms with Gasteiger partial charge in [-0.05, 0) is 106 Å². The van der Waals surface area contributed by atoms with Gasteiger partial charge in [0.25, 0.3) is 0 Å². The van der Waals surface area contributed by atoms with E-state index in [4.69, 9.17) is 0 Å². The van der Waals surface area contributed by atoms with Crippen molar-refractivity contribution < 1.29 is 0 Å². The first kappa shape index (κ1) is 16.7. The molecule has 2 aromatic rings. The van der Waals surface area contributed by atoms with Crippen molar-refractivity contribution in [3.8, 4) is 0 Å². The Bertz CT molecular complexity index is 622. The fourth-order valence-electron chi connectivity index (χ4n) is 2.54. The van der Waals surface area contributed by atoms with E-state index in [1.165, 1.54) is 38.3 Å². The molecule has 4 heteroatoms. The fourth-order valence-corrected chi connectivity index (χ4v) is 5.72. The highest BCUT2D eigenvalue weighted by atomic mass is 79.9. The number of benzene rings is 1. The highest BCUT2D eigenvalue weighted by Crippen LogP contribution is 2.44. The third-order valence-corrected chi connectivity index (χ3v) is 8.80. The molecular weight excluding hydrogens is 464 g/mol. The fraction of sp³-hybridized carbons (Fsp3) is 0.375. The van der Waals surface area contributed by atoms with Gasteiger partial charge in [-0.15, -0.1) is 11.3 Å². The minimum absolute atomic E-state index is 0.244. The molecule has 2 rings (SSSR count). The molecule has 1 atom stereocenters. The van der Waals surface area contributed by atoms with Crippen molar-refractivity contribution in [2.45, 2.75) is 39.4 Å². The summed E-state index contributed by atoms with van der Waals surface area (Å²) in [6.07, 6.45) is 0. The van der Waals surface area contributed by atoms with E-state index in [0.717, 1.165) is 8.26 Å². The van der Waals surface area contributed by atoms with E-state index in [-0.39, 0.29) is 4.83 Å². The van der Waals surface area contributed by atoms with Crippen LogP contribution in [0.2, 0.25) is 0 Å². The lowest BCUT2D eigenvalue weighted by Crippen LogP contribution is -2.04. The van der Waals surface area contributed by atoms with Gasteiger partial charge in [0.2, 0.25) is 0 Å². The van der Waals surface area contributed by atoms with Crippen molar-refractivity contribution in [2.75, 3.05) is 0 Å². The topological polar surface area (TPSA) is 0 Å². The van der Waals surface area contributed by atoms with E-state index in [1.54, 1.807) is 11.3 Å². The maximum absolute atomic E-state index is 3.90. The number of halogens is 3. The van der Waals surface area contributed by atoms with Crippen molar-refractivity contribution in [1.29, 1.82) is 0 Å². The lowest BCUT2D eigenvalue weighted by Gasteiger charge is -2.21. The van der Waals surface area contributed by atoms with Gasteiger partial charge in [0.05, 0.1) is 8.61 Å². The van der Waals surface area contributed by atoms with Gasteiger partial charge in [0.15, 0.2) is 0 Å². The summed E-state index contributed by atoms with van der Waals surface area (Å²) in [5.74, 6) is 0. The van der Waals surface area contributed by atoms with Crippen molar-refractivity contribution in [3.63, 3.8) is 0 Å². The third kappa shape index (κ3) is 2.81. The summed E-state index contributed by atoms with van der Waals surface area (Å²) in [5, 5.41) is 0. The summed E-state index contributed by atoms with van der Waals surface area (Å²) < 4.78 is 2.27. The second kappa shape index (κ2) is 6.23. The van der Waals surface area contributed by atoms with Crippen LogP contribution in [0.4, 0.5) is 0 Å². The normalized spacial score (nSPS) is 12.8. The van der Waals surface area contributed by atoms with E-state index < -0.39 is 0 Å². The third-order valence-electron chi connectivity index (χ3n) is 4.23. The highest BCUT2D eigenvalue weighted by Gasteiger charge is 2.21. The molecule has 0 radical (unpaired) electrons.